The van der Waals surface area contributed by atoms with Crippen LogP contribution in [0.3, 0.4) is 0 Å². The van der Waals surface area contributed by atoms with E-state index in [0.29, 0.717) is 0 Å². The van der Waals surface area contributed by atoms with Crippen LogP contribution in [0.1, 0.15) is 28.3 Å². The Bertz CT molecular complexity index is 460. The molecule has 2 aliphatic rings. The van der Waals surface area contributed by atoms with Crippen LogP contribution in [0.5, 0.6) is 0 Å². The Morgan fingerprint density at radius 1 is 1.40 bits per heavy atom. The molecule has 3 nitrogen and oxygen atoms in total. The van der Waals surface area contributed by atoms with Gasteiger partial charge in [0.05, 0.1) is 6.04 Å². The SMILES string of the molecule is Cc1cc2c3c(c1)CNCC3N=CN=C2. The molecule has 15 heavy (non-hydrogen) atoms. The first kappa shape index (κ1) is 8.80. The van der Waals surface area contributed by atoms with Crippen molar-refractivity contribution in [3.8, 4) is 0 Å². The van der Waals surface area contributed by atoms with Crippen LogP contribution >= 0.6 is 0 Å². The van der Waals surface area contributed by atoms with E-state index in [1.165, 1.54) is 22.3 Å². The summed E-state index contributed by atoms with van der Waals surface area (Å²) in [7, 11) is 0. The van der Waals surface area contributed by atoms with E-state index in [1.807, 2.05) is 6.21 Å². The quantitative estimate of drug-likeness (QED) is 0.677. The third-order valence-electron chi connectivity index (χ3n) is 2.96. The molecule has 2 aliphatic heterocycles. The maximum absolute atomic E-state index is 4.44. The summed E-state index contributed by atoms with van der Waals surface area (Å²) < 4.78 is 0. The molecular weight excluding hydrogens is 186 g/mol. The Hall–Kier alpha value is -1.48. The standard InChI is InChI=1S/C12H13N3/c1-8-2-9-4-13-6-11-12(9)10(3-8)5-14-7-15-11/h2-3,5,7,11,13H,4,6H2,1H3. The summed E-state index contributed by atoms with van der Waals surface area (Å²) in [5.41, 5.74) is 5.25. The number of hydrogen-bond acceptors (Lipinski definition) is 3. The Labute approximate surface area is 88.9 Å². The van der Waals surface area contributed by atoms with Gasteiger partial charge in [-0.25, -0.2) is 4.99 Å². The van der Waals surface area contributed by atoms with E-state index in [2.05, 4.69) is 34.4 Å². The van der Waals surface area contributed by atoms with E-state index >= 15 is 0 Å². The van der Waals surface area contributed by atoms with E-state index in [-0.39, 0.29) is 6.04 Å². The van der Waals surface area contributed by atoms with Gasteiger partial charge in [0.25, 0.3) is 0 Å². The normalized spacial score (nSPS) is 22.3. The molecule has 0 aromatic heterocycles. The van der Waals surface area contributed by atoms with Crippen molar-refractivity contribution in [3.05, 3.63) is 34.4 Å². The molecular formula is C12H13N3. The van der Waals surface area contributed by atoms with Gasteiger partial charge in [0.15, 0.2) is 0 Å². The van der Waals surface area contributed by atoms with Crippen LogP contribution < -0.4 is 5.32 Å². The Morgan fingerprint density at radius 3 is 3.27 bits per heavy atom. The van der Waals surface area contributed by atoms with Crippen LogP contribution in [-0.2, 0) is 6.54 Å². The summed E-state index contributed by atoms with van der Waals surface area (Å²) in [6.07, 6.45) is 3.58. The molecule has 2 heterocycles. The van der Waals surface area contributed by atoms with Gasteiger partial charge < -0.3 is 5.32 Å². The molecule has 3 heteroatoms. The van der Waals surface area contributed by atoms with Crippen LogP contribution in [0, 0.1) is 6.92 Å². The minimum Gasteiger partial charge on any atom is -0.310 e. The summed E-state index contributed by atoms with van der Waals surface area (Å²) in [6, 6.07) is 4.68. The summed E-state index contributed by atoms with van der Waals surface area (Å²) >= 11 is 0. The fourth-order valence-electron chi connectivity index (χ4n) is 2.37. The molecule has 0 bridgehead atoms. The molecule has 0 aliphatic carbocycles. The van der Waals surface area contributed by atoms with Gasteiger partial charge in [0.2, 0.25) is 0 Å². The van der Waals surface area contributed by atoms with Gasteiger partial charge in [-0.2, -0.15) is 0 Å². The van der Waals surface area contributed by atoms with Gasteiger partial charge in [-0.3, -0.25) is 4.99 Å². The van der Waals surface area contributed by atoms with Crippen LogP contribution in [0.4, 0.5) is 0 Å². The highest BCUT2D eigenvalue weighted by molar-refractivity contribution is 5.89. The summed E-state index contributed by atoms with van der Waals surface area (Å²) in [5.74, 6) is 0. The molecule has 3 rings (SSSR count). The molecule has 0 amide bonds. The summed E-state index contributed by atoms with van der Waals surface area (Å²) in [5, 5.41) is 3.39. The fourth-order valence-corrected chi connectivity index (χ4v) is 2.37. The Balaban J connectivity index is 2.27. The van der Waals surface area contributed by atoms with Crippen molar-refractivity contribution in [1.82, 2.24) is 5.32 Å². The number of nitrogens with zero attached hydrogens (tertiary/aromatic N) is 2. The summed E-state index contributed by atoms with van der Waals surface area (Å²) in [4.78, 5) is 8.62. The third-order valence-corrected chi connectivity index (χ3v) is 2.96. The Kier molecular flexibility index (Phi) is 1.92. The average molecular weight is 199 g/mol. The van der Waals surface area contributed by atoms with E-state index in [9.17, 15) is 0 Å². The molecule has 76 valence electrons. The molecule has 0 saturated heterocycles. The van der Waals surface area contributed by atoms with Gasteiger partial charge in [0, 0.05) is 19.3 Å². The van der Waals surface area contributed by atoms with Crippen LogP contribution in [-0.4, -0.2) is 19.1 Å². The smallest absolute Gasteiger partial charge is 0.110 e. The highest BCUT2D eigenvalue weighted by Gasteiger charge is 2.22. The molecule has 1 unspecified atom stereocenters. The largest absolute Gasteiger partial charge is 0.310 e. The first-order valence-electron chi connectivity index (χ1n) is 5.23. The van der Waals surface area contributed by atoms with E-state index in [1.54, 1.807) is 6.34 Å². The molecule has 1 aromatic rings. The first-order valence-corrected chi connectivity index (χ1v) is 5.23. The predicted molar refractivity (Wildman–Crippen MR) is 61.7 cm³/mol. The third kappa shape index (κ3) is 1.39. The highest BCUT2D eigenvalue weighted by atomic mass is 15.0. The zero-order chi connectivity index (χ0) is 10.3. The topological polar surface area (TPSA) is 36.8 Å². The highest BCUT2D eigenvalue weighted by Crippen LogP contribution is 2.29. The van der Waals surface area contributed by atoms with Gasteiger partial charge in [-0.1, -0.05) is 17.7 Å². The number of nitrogens with one attached hydrogen (secondary N) is 1. The second-order valence-corrected chi connectivity index (χ2v) is 4.12. The Morgan fingerprint density at radius 2 is 2.33 bits per heavy atom. The maximum Gasteiger partial charge on any atom is 0.110 e. The molecule has 1 atom stereocenters. The summed E-state index contributed by atoms with van der Waals surface area (Å²) in [6.45, 7) is 3.99. The predicted octanol–water partition coefficient (Wildman–Crippen LogP) is 1.60. The van der Waals surface area contributed by atoms with Gasteiger partial charge >= 0.3 is 0 Å². The van der Waals surface area contributed by atoms with Crippen LogP contribution in [0.15, 0.2) is 22.1 Å². The lowest BCUT2D eigenvalue weighted by Crippen LogP contribution is -2.28. The lowest BCUT2D eigenvalue weighted by Gasteiger charge is -2.24. The van der Waals surface area contributed by atoms with Gasteiger partial charge in [-0.05, 0) is 23.6 Å². The monoisotopic (exact) mass is 199 g/mol. The minimum atomic E-state index is 0.242. The maximum atomic E-state index is 4.44. The lowest BCUT2D eigenvalue weighted by atomic mass is 9.91. The molecule has 0 fully saturated rings. The molecule has 0 saturated carbocycles. The van der Waals surface area contributed by atoms with Crippen molar-refractivity contribution >= 4 is 12.6 Å². The molecule has 0 radical (unpaired) electrons. The van der Waals surface area contributed by atoms with E-state index in [4.69, 9.17) is 0 Å². The van der Waals surface area contributed by atoms with Crippen molar-refractivity contribution in [2.45, 2.75) is 19.5 Å². The second-order valence-electron chi connectivity index (χ2n) is 4.12. The number of aryl methyl sites for hydroxylation is 1. The number of benzene rings is 1. The average Bonchev–Trinajstić information content (AvgIpc) is 2.42. The van der Waals surface area contributed by atoms with Gasteiger partial charge in [0.1, 0.15) is 6.34 Å². The minimum absolute atomic E-state index is 0.242. The number of rotatable bonds is 0. The van der Waals surface area contributed by atoms with Crippen LogP contribution in [0.2, 0.25) is 0 Å². The lowest BCUT2D eigenvalue weighted by molar-refractivity contribution is 0.558. The van der Waals surface area contributed by atoms with Crippen molar-refractivity contribution < 1.29 is 0 Å². The molecule has 0 spiro atoms. The van der Waals surface area contributed by atoms with Crippen molar-refractivity contribution in [1.29, 1.82) is 0 Å². The second kappa shape index (κ2) is 3.28. The first-order chi connectivity index (χ1) is 7.34. The van der Waals surface area contributed by atoms with Crippen molar-refractivity contribution in [2.75, 3.05) is 6.54 Å². The zero-order valence-electron chi connectivity index (χ0n) is 8.70. The van der Waals surface area contributed by atoms with E-state index < -0.39 is 0 Å². The van der Waals surface area contributed by atoms with Crippen molar-refractivity contribution in [3.63, 3.8) is 0 Å². The van der Waals surface area contributed by atoms with Crippen LogP contribution in [0.25, 0.3) is 0 Å². The molecule has 1 N–H and O–H groups in total. The zero-order valence-corrected chi connectivity index (χ0v) is 8.70. The molecule has 1 aromatic carbocycles. The number of aliphatic imine (C=N–C) groups is 2. The van der Waals surface area contributed by atoms with E-state index in [0.717, 1.165) is 13.1 Å². The fraction of sp³-hybridized carbons (Fsp3) is 0.333. The number of hydrogen-bond donors (Lipinski definition) is 1. The van der Waals surface area contributed by atoms with Gasteiger partial charge in [-0.15, -0.1) is 0 Å². The van der Waals surface area contributed by atoms with Crippen molar-refractivity contribution in [2.24, 2.45) is 9.98 Å².